The van der Waals surface area contributed by atoms with Gasteiger partial charge >= 0.3 is 0 Å². The SMILES string of the molecule is COc1ccc(S(=O)(=O)[N-]c2ccc(C)cc2NS(=O)(=O)c2ccc(OC)cc2)cc1. The lowest BCUT2D eigenvalue weighted by Gasteiger charge is -2.26. The molecule has 8 nitrogen and oxygen atoms in total. The summed E-state index contributed by atoms with van der Waals surface area (Å²) in [4.78, 5) is -0.0448. The zero-order valence-corrected chi connectivity index (χ0v) is 18.7. The normalized spacial score (nSPS) is 11.6. The molecule has 3 aromatic rings. The van der Waals surface area contributed by atoms with Gasteiger partial charge in [-0.1, -0.05) is 12.1 Å². The van der Waals surface area contributed by atoms with Gasteiger partial charge in [0.2, 0.25) is 0 Å². The molecule has 0 aliphatic heterocycles. The lowest BCUT2D eigenvalue weighted by molar-refractivity contribution is 0.414. The highest BCUT2D eigenvalue weighted by Gasteiger charge is 2.16. The predicted octanol–water partition coefficient (Wildman–Crippen LogP) is 4.21. The highest BCUT2D eigenvalue weighted by Crippen LogP contribution is 2.36. The van der Waals surface area contributed by atoms with Gasteiger partial charge in [0.1, 0.15) is 21.5 Å². The molecule has 0 saturated carbocycles. The van der Waals surface area contributed by atoms with E-state index in [4.69, 9.17) is 9.47 Å². The fourth-order valence-electron chi connectivity index (χ4n) is 2.70. The van der Waals surface area contributed by atoms with E-state index in [1.54, 1.807) is 13.0 Å². The number of ether oxygens (including phenoxy) is 2. The molecular formula is C21H21N2O6S2-. The summed E-state index contributed by atoms with van der Waals surface area (Å²) in [6, 6.07) is 16.2. The molecule has 164 valence electrons. The van der Waals surface area contributed by atoms with Gasteiger partial charge in [-0.3, -0.25) is 4.72 Å². The topological polar surface area (TPSA) is 113 Å². The van der Waals surface area contributed by atoms with Crippen LogP contribution in [0.5, 0.6) is 11.5 Å². The number of benzene rings is 3. The van der Waals surface area contributed by atoms with Gasteiger partial charge in [0.15, 0.2) is 0 Å². The summed E-state index contributed by atoms with van der Waals surface area (Å²) in [5, 5.41) is 0. The van der Waals surface area contributed by atoms with Crippen LogP contribution in [0, 0.1) is 6.92 Å². The second-order valence-electron chi connectivity index (χ2n) is 6.54. The number of sulfonamides is 2. The summed E-state index contributed by atoms with van der Waals surface area (Å²) in [6.45, 7) is 1.76. The van der Waals surface area contributed by atoms with Gasteiger partial charge < -0.3 is 14.2 Å². The van der Waals surface area contributed by atoms with E-state index < -0.39 is 20.0 Å². The third kappa shape index (κ3) is 5.28. The van der Waals surface area contributed by atoms with Crippen molar-refractivity contribution in [2.24, 2.45) is 0 Å². The number of nitrogens with one attached hydrogen (secondary N) is 1. The van der Waals surface area contributed by atoms with E-state index in [9.17, 15) is 16.8 Å². The van der Waals surface area contributed by atoms with Gasteiger partial charge in [-0.2, -0.15) is 0 Å². The summed E-state index contributed by atoms with van der Waals surface area (Å²) in [7, 11) is -5.12. The fraction of sp³-hybridized carbons (Fsp3) is 0.143. The van der Waals surface area contributed by atoms with Gasteiger partial charge in [-0.15, -0.1) is 5.69 Å². The van der Waals surface area contributed by atoms with Gasteiger partial charge in [-0.05, 0) is 67.1 Å². The Balaban J connectivity index is 1.92. The zero-order valence-electron chi connectivity index (χ0n) is 17.1. The van der Waals surface area contributed by atoms with E-state index in [-0.39, 0.29) is 21.2 Å². The van der Waals surface area contributed by atoms with Crippen LogP contribution in [-0.4, -0.2) is 31.1 Å². The van der Waals surface area contributed by atoms with Crippen LogP contribution in [0.1, 0.15) is 5.56 Å². The number of hydrogen-bond donors (Lipinski definition) is 1. The molecule has 0 fully saturated rings. The lowest BCUT2D eigenvalue weighted by atomic mass is 10.2. The molecule has 10 heteroatoms. The van der Waals surface area contributed by atoms with Crippen molar-refractivity contribution < 1.29 is 26.3 Å². The molecule has 1 N–H and O–H groups in total. The highest BCUT2D eigenvalue weighted by molar-refractivity contribution is 7.94. The quantitative estimate of drug-likeness (QED) is 0.538. The molecule has 0 aromatic heterocycles. The molecule has 31 heavy (non-hydrogen) atoms. The largest absolute Gasteiger partial charge is 0.571 e. The van der Waals surface area contributed by atoms with Crippen molar-refractivity contribution in [2.45, 2.75) is 16.7 Å². The van der Waals surface area contributed by atoms with Crippen molar-refractivity contribution in [2.75, 3.05) is 18.9 Å². The molecule has 3 aromatic carbocycles. The Morgan fingerprint density at radius 3 is 1.77 bits per heavy atom. The monoisotopic (exact) mass is 461 g/mol. The van der Waals surface area contributed by atoms with Crippen molar-refractivity contribution in [1.29, 1.82) is 0 Å². The maximum Gasteiger partial charge on any atom is 0.261 e. The van der Waals surface area contributed by atoms with Crippen LogP contribution >= 0.6 is 0 Å². The minimum Gasteiger partial charge on any atom is -0.571 e. The molecule has 0 unspecified atom stereocenters. The molecule has 0 atom stereocenters. The van der Waals surface area contributed by atoms with Crippen LogP contribution in [0.25, 0.3) is 4.72 Å². The summed E-state index contributed by atoms with van der Waals surface area (Å²) in [5.74, 6) is 1.01. The van der Waals surface area contributed by atoms with E-state index >= 15 is 0 Å². The number of nitrogens with zero attached hydrogens (tertiary/aromatic N) is 1. The molecule has 0 aliphatic rings. The fourth-order valence-corrected chi connectivity index (χ4v) is 4.77. The first-order valence-electron chi connectivity index (χ1n) is 9.04. The Morgan fingerprint density at radius 2 is 1.26 bits per heavy atom. The van der Waals surface area contributed by atoms with E-state index in [0.29, 0.717) is 11.5 Å². The zero-order chi connectivity index (χ0) is 22.6. The standard InChI is InChI=1S/C21H21N2O6S2/c1-15-4-13-20(22-30(24,25)18-9-5-16(28-2)6-10-18)21(14-15)23-31(26,27)19-11-7-17(29-3)8-12-19/h4-14,23H,1-3H3/q-1. The van der Waals surface area contributed by atoms with E-state index in [2.05, 4.69) is 9.44 Å². The molecule has 0 radical (unpaired) electrons. The first-order valence-corrected chi connectivity index (χ1v) is 12.0. The number of anilines is 1. The average Bonchev–Trinajstić information content (AvgIpc) is 2.75. The minimum absolute atomic E-state index is 0.00114. The second-order valence-corrected chi connectivity index (χ2v) is 9.83. The maximum absolute atomic E-state index is 12.8. The summed E-state index contributed by atoms with van der Waals surface area (Å²) in [6.07, 6.45) is 0. The molecule has 0 amide bonds. The summed E-state index contributed by atoms with van der Waals surface area (Å²) >= 11 is 0. The molecule has 3 rings (SSSR count). The third-order valence-electron chi connectivity index (χ3n) is 4.34. The van der Waals surface area contributed by atoms with Gasteiger partial charge in [-0.25, -0.2) is 16.8 Å². The van der Waals surface area contributed by atoms with Crippen molar-refractivity contribution in [1.82, 2.24) is 0 Å². The Labute approximate surface area is 181 Å². The van der Waals surface area contributed by atoms with Crippen molar-refractivity contribution in [3.8, 4) is 11.5 Å². The Kier molecular flexibility index (Phi) is 6.42. The lowest BCUT2D eigenvalue weighted by Crippen LogP contribution is -2.13. The molecule has 0 aliphatic carbocycles. The Hall–Kier alpha value is -3.24. The molecular weight excluding hydrogens is 440 g/mol. The minimum atomic E-state index is -4.08. The number of rotatable bonds is 8. The van der Waals surface area contributed by atoms with Gasteiger partial charge in [0.25, 0.3) is 10.0 Å². The second kappa shape index (κ2) is 8.86. The molecule has 0 saturated heterocycles. The number of methoxy groups -OCH3 is 2. The number of aryl methyl sites for hydroxylation is 1. The van der Waals surface area contributed by atoms with Crippen LogP contribution in [-0.2, 0) is 20.0 Å². The van der Waals surface area contributed by atoms with Crippen molar-refractivity contribution in [3.05, 3.63) is 77.0 Å². The first kappa shape index (κ1) is 22.4. The first-order chi connectivity index (χ1) is 14.6. The van der Waals surface area contributed by atoms with Crippen LogP contribution < -0.4 is 14.2 Å². The molecule has 0 spiro atoms. The Bertz CT molecular complexity index is 1270. The van der Waals surface area contributed by atoms with Crippen molar-refractivity contribution >= 4 is 31.4 Å². The Morgan fingerprint density at radius 1 is 0.742 bits per heavy atom. The van der Waals surface area contributed by atoms with E-state index in [0.717, 1.165) is 5.56 Å². The van der Waals surface area contributed by atoms with Crippen LogP contribution in [0.15, 0.2) is 76.5 Å². The van der Waals surface area contributed by atoms with Crippen LogP contribution in [0.2, 0.25) is 0 Å². The van der Waals surface area contributed by atoms with Crippen LogP contribution in [0.3, 0.4) is 0 Å². The molecule has 0 bridgehead atoms. The van der Waals surface area contributed by atoms with Crippen LogP contribution in [0.4, 0.5) is 11.4 Å². The smallest absolute Gasteiger partial charge is 0.261 e. The summed E-state index contributed by atoms with van der Waals surface area (Å²) in [5.41, 5.74) is 0.750. The highest BCUT2D eigenvalue weighted by atomic mass is 32.2. The predicted molar refractivity (Wildman–Crippen MR) is 118 cm³/mol. The van der Waals surface area contributed by atoms with E-state index in [1.165, 1.54) is 74.9 Å². The van der Waals surface area contributed by atoms with E-state index in [1.807, 2.05) is 0 Å². The maximum atomic E-state index is 12.8. The van der Waals surface area contributed by atoms with Gasteiger partial charge in [0, 0.05) is 5.69 Å². The molecule has 0 heterocycles. The number of hydrogen-bond acceptors (Lipinski definition) is 6. The summed E-state index contributed by atoms with van der Waals surface area (Å²) < 4.78 is 67.5. The van der Waals surface area contributed by atoms with Gasteiger partial charge in [0.05, 0.1) is 24.0 Å². The van der Waals surface area contributed by atoms with Crippen molar-refractivity contribution in [3.63, 3.8) is 0 Å². The third-order valence-corrected chi connectivity index (χ3v) is 7.03. The average molecular weight is 462 g/mol.